The number of terminal acetylenes is 1. The van der Waals surface area contributed by atoms with E-state index in [0.717, 1.165) is 19.3 Å². The van der Waals surface area contributed by atoms with Crippen LogP contribution in [0.1, 0.15) is 26.2 Å². The lowest BCUT2D eigenvalue weighted by Gasteiger charge is -2.02. The quantitative estimate of drug-likeness (QED) is 0.397. The van der Waals surface area contributed by atoms with E-state index in [4.69, 9.17) is 6.42 Å². The summed E-state index contributed by atoms with van der Waals surface area (Å²) in [6, 6.07) is 0. The fraction of sp³-hybridized carbons (Fsp3) is 0.556. The SMILES string of the molecule is C#CC(CC)CCC=C. The molecule has 0 heterocycles. The van der Waals surface area contributed by atoms with Crippen molar-refractivity contribution < 1.29 is 0 Å². The number of hydrogen-bond donors (Lipinski definition) is 0. The van der Waals surface area contributed by atoms with Crippen LogP contribution in [0.25, 0.3) is 0 Å². The molecule has 0 spiro atoms. The van der Waals surface area contributed by atoms with Gasteiger partial charge in [-0.1, -0.05) is 13.0 Å². The molecule has 0 nitrogen and oxygen atoms in total. The van der Waals surface area contributed by atoms with E-state index in [0.29, 0.717) is 5.92 Å². The molecule has 0 heteroatoms. The summed E-state index contributed by atoms with van der Waals surface area (Å²) in [7, 11) is 0. The standard InChI is InChI=1S/C9H14/c1-4-7-8-9(5-2)6-3/h2,4,9H,1,6-8H2,3H3. The fourth-order valence-corrected chi connectivity index (χ4v) is 0.724. The number of allylic oxidation sites excluding steroid dienone is 1. The van der Waals surface area contributed by atoms with E-state index in [9.17, 15) is 0 Å². The fourth-order valence-electron chi connectivity index (χ4n) is 0.724. The zero-order valence-electron chi connectivity index (χ0n) is 6.06. The molecule has 0 aromatic carbocycles. The average Bonchev–Trinajstić information content (AvgIpc) is 1.91. The van der Waals surface area contributed by atoms with Crippen LogP contribution < -0.4 is 0 Å². The molecule has 0 aromatic rings. The predicted molar refractivity (Wildman–Crippen MR) is 42.0 cm³/mol. The Kier molecular flexibility index (Phi) is 5.01. The lowest BCUT2D eigenvalue weighted by atomic mass is 10.0. The second kappa shape index (κ2) is 5.44. The molecule has 0 rings (SSSR count). The van der Waals surface area contributed by atoms with E-state index in [1.807, 2.05) is 6.08 Å². The van der Waals surface area contributed by atoms with Crippen molar-refractivity contribution in [2.45, 2.75) is 26.2 Å². The molecule has 9 heavy (non-hydrogen) atoms. The minimum Gasteiger partial charge on any atom is -0.120 e. The topological polar surface area (TPSA) is 0 Å². The third-order valence-corrected chi connectivity index (χ3v) is 1.45. The van der Waals surface area contributed by atoms with Gasteiger partial charge in [-0.05, 0) is 19.3 Å². The van der Waals surface area contributed by atoms with Crippen molar-refractivity contribution >= 4 is 0 Å². The summed E-state index contributed by atoms with van der Waals surface area (Å²) >= 11 is 0. The molecule has 0 radical (unpaired) electrons. The second-order valence-corrected chi connectivity index (χ2v) is 2.14. The Morgan fingerprint density at radius 1 is 1.78 bits per heavy atom. The molecule has 0 bridgehead atoms. The summed E-state index contributed by atoms with van der Waals surface area (Å²) in [6.07, 6.45) is 10.4. The zero-order valence-corrected chi connectivity index (χ0v) is 6.06. The average molecular weight is 122 g/mol. The molecule has 0 aromatic heterocycles. The van der Waals surface area contributed by atoms with Crippen molar-refractivity contribution in [3.8, 4) is 12.3 Å². The Labute approximate surface area is 58.0 Å². The lowest BCUT2D eigenvalue weighted by Crippen LogP contribution is -1.92. The third-order valence-electron chi connectivity index (χ3n) is 1.45. The van der Waals surface area contributed by atoms with Crippen LogP contribution in [-0.2, 0) is 0 Å². The maximum absolute atomic E-state index is 5.24. The molecule has 0 saturated carbocycles. The van der Waals surface area contributed by atoms with Crippen LogP contribution in [0.2, 0.25) is 0 Å². The van der Waals surface area contributed by atoms with Gasteiger partial charge < -0.3 is 0 Å². The van der Waals surface area contributed by atoms with Gasteiger partial charge in [-0.2, -0.15) is 0 Å². The Morgan fingerprint density at radius 3 is 2.78 bits per heavy atom. The van der Waals surface area contributed by atoms with Gasteiger partial charge >= 0.3 is 0 Å². The van der Waals surface area contributed by atoms with Crippen LogP contribution in [0.5, 0.6) is 0 Å². The molecule has 0 saturated heterocycles. The van der Waals surface area contributed by atoms with E-state index in [-0.39, 0.29) is 0 Å². The largest absolute Gasteiger partial charge is 0.120 e. The first-order valence-corrected chi connectivity index (χ1v) is 3.42. The van der Waals surface area contributed by atoms with Gasteiger partial charge in [0, 0.05) is 5.92 Å². The minimum atomic E-state index is 0.461. The van der Waals surface area contributed by atoms with Crippen LogP contribution in [0.3, 0.4) is 0 Å². The molecule has 50 valence electrons. The first-order chi connectivity index (χ1) is 4.35. The normalized spacial score (nSPS) is 12.0. The minimum absolute atomic E-state index is 0.461. The zero-order chi connectivity index (χ0) is 7.11. The summed E-state index contributed by atoms with van der Waals surface area (Å²) < 4.78 is 0. The van der Waals surface area contributed by atoms with Gasteiger partial charge in [0.2, 0.25) is 0 Å². The summed E-state index contributed by atoms with van der Waals surface area (Å²) in [5, 5.41) is 0. The predicted octanol–water partition coefficient (Wildman–Crippen LogP) is 2.61. The van der Waals surface area contributed by atoms with Crippen molar-refractivity contribution in [1.82, 2.24) is 0 Å². The van der Waals surface area contributed by atoms with Crippen molar-refractivity contribution in [2.75, 3.05) is 0 Å². The van der Waals surface area contributed by atoms with Gasteiger partial charge in [0.1, 0.15) is 0 Å². The van der Waals surface area contributed by atoms with Crippen LogP contribution in [0, 0.1) is 18.3 Å². The molecule has 0 fully saturated rings. The highest BCUT2D eigenvalue weighted by atomic mass is 14.0. The van der Waals surface area contributed by atoms with Crippen LogP contribution in [-0.4, -0.2) is 0 Å². The van der Waals surface area contributed by atoms with Gasteiger partial charge in [0.25, 0.3) is 0 Å². The van der Waals surface area contributed by atoms with Crippen molar-refractivity contribution in [3.63, 3.8) is 0 Å². The summed E-state index contributed by atoms with van der Waals surface area (Å²) in [6.45, 7) is 5.75. The molecule has 0 amide bonds. The Bertz CT molecular complexity index is 106. The molecule has 1 atom stereocenters. The number of rotatable bonds is 4. The van der Waals surface area contributed by atoms with Gasteiger partial charge in [-0.3, -0.25) is 0 Å². The van der Waals surface area contributed by atoms with Gasteiger partial charge in [0.15, 0.2) is 0 Å². The molecule has 1 unspecified atom stereocenters. The monoisotopic (exact) mass is 122 g/mol. The lowest BCUT2D eigenvalue weighted by molar-refractivity contribution is 0.599. The Balaban J connectivity index is 3.34. The summed E-state index contributed by atoms with van der Waals surface area (Å²) in [5.74, 6) is 3.20. The second-order valence-electron chi connectivity index (χ2n) is 2.14. The van der Waals surface area contributed by atoms with E-state index in [1.54, 1.807) is 0 Å². The molecular formula is C9H14. The van der Waals surface area contributed by atoms with Gasteiger partial charge in [-0.15, -0.1) is 18.9 Å². The molecule has 0 aliphatic carbocycles. The summed E-state index contributed by atoms with van der Waals surface area (Å²) in [4.78, 5) is 0. The first-order valence-electron chi connectivity index (χ1n) is 3.42. The van der Waals surface area contributed by atoms with Crippen molar-refractivity contribution in [3.05, 3.63) is 12.7 Å². The Morgan fingerprint density at radius 2 is 2.44 bits per heavy atom. The van der Waals surface area contributed by atoms with Crippen LogP contribution >= 0.6 is 0 Å². The van der Waals surface area contributed by atoms with E-state index >= 15 is 0 Å². The van der Waals surface area contributed by atoms with Crippen LogP contribution in [0.15, 0.2) is 12.7 Å². The van der Waals surface area contributed by atoms with E-state index < -0.39 is 0 Å². The number of hydrogen-bond acceptors (Lipinski definition) is 0. The maximum Gasteiger partial charge on any atom is 0.0200 e. The highest BCUT2D eigenvalue weighted by Crippen LogP contribution is 2.08. The first kappa shape index (κ1) is 8.30. The maximum atomic E-state index is 5.24. The molecule has 0 aliphatic rings. The van der Waals surface area contributed by atoms with Gasteiger partial charge in [0.05, 0.1) is 0 Å². The van der Waals surface area contributed by atoms with Crippen molar-refractivity contribution in [1.29, 1.82) is 0 Å². The highest BCUT2D eigenvalue weighted by Gasteiger charge is 1.97. The molecule has 0 N–H and O–H groups in total. The van der Waals surface area contributed by atoms with Crippen LogP contribution in [0.4, 0.5) is 0 Å². The summed E-state index contributed by atoms with van der Waals surface area (Å²) in [5.41, 5.74) is 0. The third kappa shape index (κ3) is 3.85. The van der Waals surface area contributed by atoms with E-state index in [1.165, 1.54) is 0 Å². The molecule has 0 aliphatic heterocycles. The smallest absolute Gasteiger partial charge is 0.0200 e. The Hall–Kier alpha value is -0.700. The van der Waals surface area contributed by atoms with Gasteiger partial charge in [-0.25, -0.2) is 0 Å². The molecular weight excluding hydrogens is 108 g/mol. The highest BCUT2D eigenvalue weighted by molar-refractivity contribution is 4.92. The van der Waals surface area contributed by atoms with E-state index in [2.05, 4.69) is 19.4 Å². The van der Waals surface area contributed by atoms with Crippen molar-refractivity contribution in [2.24, 2.45) is 5.92 Å².